The van der Waals surface area contributed by atoms with Crippen LogP contribution in [0.5, 0.6) is 11.5 Å². The third-order valence-corrected chi connectivity index (χ3v) is 4.83. The molecule has 1 fully saturated rings. The quantitative estimate of drug-likeness (QED) is 0.651. The van der Waals surface area contributed by atoms with E-state index in [0.717, 1.165) is 5.82 Å². The molecule has 2 aromatic heterocycles. The van der Waals surface area contributed by atoms with Crippen LogP contribution in [0.25, 0.3) is 11.2 Å². The van der Waals surface area contributed by atoms with E-state index in [2.05, 4.69) is 25.2 Å². The number of hydrogen-bond donors (Lipinski definition) is 0. The number of piperazine rings is 1. The molecular weight excluding hydrogens is 362 g/mol. The number of aromatic nitrogens is 5. The Hall–Kier alpha value is -3.43. The molecule has 10 heteroatoms. The molecule has 28 heavy (non-hydrogen) atoms. The number of hydrogen-bond acceptors (Lipinski definition) is 8. The molecule has 0 N–H and O–H groups in total. The second kappa shape index (κ2) is 7.29. The molecule has 0 spiro atoms. The van der Waals surface area contributed by atoms with Crippen molar-refractivity contribution in [3.63, 3.8) is 0 Å². The molecular formula is C18H21N7O3. The molecule has 0 saturated carbocycles. The smallest absolute Gasteiger partial charge is 0.254 e. The van der Waals surface area contributed by atoms with E-state index in [0.29, 0.717) is 54.4 Å². The summed E-state index contributed by atoms with van der Waals surface area (Å²) in [6.07, 6.45) is 1.51. The van der Waals surface area contributed by atoms with Crippen LogP contribution in [0, 0.1) is 0 Å². The van der Waals surface area contributed by atoms with Crippen LogP contribution in [0.15, 0.2) is 24.5 Å². The molecule has 0 aliphatic carbocycles. The van der Waals surface area contributed by atoms with Crippen LogP contribution in [0.1, 0.15) is 10.4 Å². The van der Waals surface area contributed by atoms with Crippen LogP contribution in [0.2, 0.25) is 0 Å². The monoisotopic (exact) mass is 383 g/mol. The van der Waals surface area contributed by atoms with E-state index in [1.807, 2.05) is 4.90 Å². The highest BCUT2D eigenvalue weighted by Crippen LogP contribution is 2.25. The largest absolute Gasteiger partial charge is 0.497 e. The number of nitrogens with zero attached hydrogens (tertiary/aromatic N) is 7. The van der Waals surface area contributed by atoms with E-state index >= 15 is 0 Å². The summed E-state index contributed by atoms with van der Waals surface area (Å²) in [5.74, 6) is 1.87. The SMILES string of the molecule is COc1cc(OC)cc(C(=O)N2CCN(c3ncnc4c3nnn4C)CC2)c1. The van der Waals surface area contributed by atoms with Crippen LogP contribution in [-0.2, 0) is 7.05 Å². The summed E-state index contributed by atoms with van der Waals surface area (Å²) in [7, 11) is 4.93. The summed E-state index contributed by atoms with van der Waals surface area (Å²) < 4.78 is 12.2. The normalized spacial score (nSPS) is 14.4. The standard InChI is InChI=1S/C18H21N7O3/c1-23-16-15(21-22-23)17(20-11-19-16)24-4-6-25(7-5-24)18(26)12-8-13(27-2)10-14(9-12)28-3/h8-11H,4-7H2,1-3H3. The second-order valence-corrected chi connectivity index (χ2v) is 6.46. The molecule has 1 aromatic carbocycles. The number of ether oxygens (including phenoxy) is 2. The lowest BCUT2D eigenvalue weighted by atomic mass is 10.1. The first-order chi connectivity index (χ1) is 13.6. The van der Waals surface area contributed by atoms with E-state index in [1.165, 1.54) is 6.33 Å². The number of carbonyl (C=O) groups is 1. The summed E-state index contributed by atoms with van der Waals surface area (Å²) in [5.41, 5.74) is 1.90. The van der Waals surface area contributed by atoms with Gasteiger partial charge in [-0.2, -0.15) is 0 Å². The van der Waals surface area contributed by atoms with Gasteiger partial charge in [-0.05, 0) is 12.1 Å². The summed E-state index contributed by atoms with van der Waals surface area (Å²) in [6, 6.07) is 5.20. The van der Waals surface area contributed by atoms with Gasteiger partial charge in [-0.25, -0.2) is 14.6 Å². The Kier molecular flexibility index (Phi) is 4.68. The van der Waals surface area contributed by atoms with Gasteiger partial charge in [-0.3, -0.25) is 4.79 Å². The first-order valence-corrected chi connectivity index (χ1v) is 8.88. The average Bonchev–Trinajstić information content (AvgIpc) is 3.14. The van der Waals surface area contributed by atoms with Crippen molar-refractivity contribution in [2.75, 3.05) is 45.3 Å². The molecule has 3 aromatic rings. The van der Waals surface area contributed by atoms with Gasteiger partial charge >= 0.3 is 0 Å². The fraction of sp³-hybridized carbons (Fsp3) is 0.389. The zero-order valence-corrected chi connectivity index (χ0v) is 16.0. The Balaban J connectivity index is 1.50. The highest BCUT2D eigenvalue weighted by atomic mass is 16.5. The van der Waals surface area contributed by atoms with Gasteiger partial charge in [-0.15, -0.1) is 5.10 Å². The number of fused-ring (bicyclic) bond motifs is 1. The molecule has 10 nitrogen and oxygen atoms in total. The lowest BCUT2D eigenvalue weighted by molar-refractivity contribution is 0.0746. The van der Waals surface area contributed by atoms with Crippen molar-refractivity contribution in [1.82, 2.24) is 29.9 Å². The molecule has 146 valence electrons. The molecule has 1 amide bonds. The van der Waals surface area contributed by atoms with Crippen LogP contribution < -0.4 is 14.4 Å². The summed E-state index contributed by atoms with van der Waals surface area (Å²) in [4.78, 5) is 25.5. The van der Waals surface area contributed by atoms with Crippen molar-refractivity contribution in [1.29, 1.82) is 0 Å². The van der Waals surface area contributed by atoms with Gasteiger partial charge in [0.25, 0.3) is 5.91 Å². The fourth-order valence-corrected chi connectivity index (χ4v) is 3.31. The van der Waals surface area contributed by atoms with Gasteiger partial charge in [0.15, 0.2) is 17.0 Å². The van der Waals surface area contributed by atoms with Crippen LogP contribution >= 0.6 is 0 Å². The predicted molar refractivity (Wildman–Crippen MR) is 102 cm³/mol. The van der Waals surface area contributed by atoms with Gasteiger partial charge in [0.1, 0.15) is 17.8 Å². The van der Waals surface area contributed by atoms with Gasteiger partial charge < -0.3 is 19.3 Å². The molecule has 0 bridgehead atoms. The minimum Gasteiger partial charge on any atom is -0.497 e. The highest BCUT2D eigenvalue weighted by Gasteiger charge is 2.25. The number of benzene rings is 1. The first kappa shape index (κ1) is 18.0. The van der Waals surface area contributed by atoms with Crippen molar-refractivity contribution in [2.24, 2.45) is 7.05 Å². The molecule has 1 saturated heterocycles. The maximum Gasteiger partial charge on any atom is 0.254 e. The number of methoxy groups -OCH3 is 2. The van der Waals surface area contributed by atoms with Crippen LogP contribution in [0.3, 0.4) is 0 Å². The Bertz CT molecular complexity index is 989. The van der Waals surface area contributed by atoms with Crippen LogP contribution in [0.4, 0.5) is 5.82 Å². The van der Waals surface area contributed by atoms with E-state index in [4.69, 9.17) is 9.47 Å². The molecule has 3 heterocycles. The molecule has 0 atom stereocenters. The minimum absolute atomic E-state index is 0.0517. The third-order valence-electron chi connectivity index (χ3n) is 4.83. The minimum atomic E-state index is -0.0517. The molecule has 0 unspecified atom stereocenters. The van der Waals surface area contributed by atoms with Crippen LogP contribution in [-0.4, -0.2) is 76.2 Å². The van der Waals surface area contributed by atoms with Crippen molar-refractivity contribution in [2.45, 2.75) is 0 Å². The predicted octanol–water partition coefficient (Wildman–Crippen LogP) is 0.738. The maximum atomic E-state index is 12.9. The zero-order chi connectivity index (χ0) is 19.7. The van der Waals surface area contributed by atoms with E-state index in [-0.39, 0.29) is 5.91 Å². The van der Waals surface area contributed by atoms with E-state index in [9.17, 15) is 4.79 Å². The van der Waals surface area contributed by atoms with Gasteiger partial charge in [0, 0.05) is 44.9 Å². The summed E-state index contributed by atoms with van der Waals surface area (Å²) in [5, 5.41) is 8.19. The maximum absolute atomic E-state index is 12.9. The van der Waals surface area contributed by atoms with Crippen molar-refractivity contribution < 1.29 is 14.3 Å². The third kappa shape index (κ3) is 3.17. The fourth-order valence-electron chi connectivity index (χ4n) is 3.31. The Morgan fingerprint density at radius 3 is 2.32 bits per heavy atom. The molecule has 0 radical (unpaired) electrons. The number of amides is 1. The van der Waals surface area contributed by atoms with Gasteiger partial charge in [0.05, 0.1) is 14.2 Å². The number of anilines is 1. The second-order valence-electron chi connectivity index (χ2n) is 6.46. The lowest BCUT2D eigenvalue weighted by Crippen LogP contribution is -2.49. The number of rotatable bonds is 4. The number of aryl methyl sites for hydroxylation is 1. The van der Waals surface area contributed by atoms with Gasteiger partial charge in [0.2, 0.25) is 0 Å². The highest BCUT2D eigenvalue weighted by molar-refractivity contribution is 5.95. The molecule has 4 rings (SSSR count). The summed E-state index contributed by atoms with van der Waals surface area (Å²) >= 11 is 0. The molecule has 1 aliphatic rings. The first-order valence-electron chi connectivity index (χ1n) is 8.88. The van der Waals surface area contributed by atoms with Gasteiger partial charge in [-0.1, -0.05) is 5.21 Å². The van der Waals surface area contributed by atoms with Crippen molar-refractivity contribution in [3.05, 3.63) is 30.1 Å². The number of carbonyl (C=O) groups excluding carboxylic acids is 1. The Morgan fingerprint density at radius 2 is 1.68 bits per heavy atom. The van der Waals surface area contributed by atoms with E-state index < -0.39 is 0 Å². The Labute approximate surface area is 161 Å². The molecule has 1 aliphatic heterocycles. The zero-order valence-electron chi connectivity index (χ0n) is 16.0. The lowest BCUT2D eigenvalue weighted by Gasteiger charge is -2.35. The van der Waals surface area contributed by atoms with Crippen molar-refractivity contribution >= 4 is 22.9 Å². The van der Waals surface area contributed by atoms with Crippen molar-refractivity contribution in [3.8, 4) is 11.5 Å². The topological polar surface area (TPSA) is 98.5 Å². The Morgan fingerprint density at radius 1 is 1.00 bits per heavy atom. The average molecular weight is 383 g/mol. The summed E-state index contributed by atoms with van der Waals surface area (Å²) in [6.45, 7) is 2.44. The van der Waals surface area contributed by atoms with E-state index in [1.54, 1.807) is 44.1 Å².